The van der Waals surface area contributed by atoms with Gasteiger partial charge in [-0.05, 0) is 76.7 Å². The van der Waals surface area contributed by atoms with E-state index in [2.05, 4.69) is 45.8 Å². The number of carbonyl (C=O) groups is 2. The van der Waals surface area contributed by atoms with E-state index in [1.165, 1.54) is 0 Å². The standard InChI is InChI=1S/C23H25IN4O2/c1-15(29)27-10-9-16(13-27)14-28-21(30)23(2,26-22(28)25)19-7-3-5-17(11-19)18-6-4-8-20(24)12-18/h3-8,11-12,16H,9-10,13-14H2,1-2H3,(H2,25,26)/t16-,23?/m1/s1. The first-order valence-electron chi connectivity index (χ1n) is 10.1. The number of amides is 2. The lowest BCUT2D eigenvalue weighted by Crippen LogP contribution is -2.44. The molecule has 2 aromatic rings. The molecule has 30 heavy (non-hydrogen) atoms. The van der Waals surface area contributed by atoms with Crippen LogP contribution in [-0.2, 0) is 15.1 Å². The highest BCUT2D eigenvalue weighted by Gasteiger charge is 2.46. The number of hydrogen-bond acceptors (Lipinski definition) is 4. The van der Waals surface area contributed by atoms with Crippen molar-refractivity contribution in [1.82, 2.24) is 9.80 Å². The number of rotatable bonds is 4. The van der Waals surface area contributed by atoms with Crippen LogP contribution in [0.4, 0.5) is 0 Å². The fraction of sp³-hybridized carbons (Fsp3) is 0.348. The molecule has 0 aromatic heterocycles. The van der Waals surface area contributed by atoms with Gasteiger partial charge in [0.05, 0.1) is 0 Å². The molecule has 2 aromatic carbocycles. The molecule has 2 N–H and O–H groups in total. The van der Waals surface area contributed by atoms with E-state index in [0.717, 1.165) is 33.2 Å². The summed E-state index contributed by atoms with van der Waals surface area (Å²) in [5.41, 5.74) is 8.12. The Balaban J connectivity index is 1.57. The van der Waals surface area contributed by atoms with E-state index < -0.39 is 5.54 Å². The second-order valence-corrected chi connectivity index (χ2v) is 9.41. The van der Waals surface area contributed by atoms with Crippen LogP contribution in [0.25, 0.3) is 11.1 Å². The lowest BCUT2D eigenvalue weighted by Gasteiger charge is -2.25. The van der Waals surface area contributed by atoms with Gasteiger partial charge in [0.15, 0.2) is 11.5 Å². The van der Waals surface area contributed by atoms with E-state index in [4.69, 9.17) is 5.73 Å². The van der Waals surface area contributed by atoms with E-state index in [0.29, 0.717) is 13.1 Å². The Kier molecular flexibility index (Phi) is 5.57. The molecule has 0 spiro atoms. The minimum absolute atomic E-state index is 0.0733. The third kappa shape index (κ3) is 3.82. The van der Waals surface area contributed by atoms with Crippen LogP contribution in [0, 0.1) is 9.49 Å². The molecule has 1 fully saturated rings. The van der Waals surface area contributed by atoms with Gasteiger partial charge in [-0.25, -0.2) is 4.99 Å². The molecule has 1 unspecified atom stereocenters. The lowest BCUT2D eigenvalue weighted by molar-refractivity contribution is -0.131. The van der Waals surface area contributed by atoms with Crippen LogP contribution in [0.2, 0.25) is 0 Å². The second kappa shape index (κ2) is 8.02. The third-order valence-corrected chi connectivity index (χ3v) is 6.70. The van der Waals surface area contributed by atoms with Crippen molar-refractivity contribution < 1.29 is 9.59 Å². The zero-order chi connectivity index (χ0) is 21.5. The number of hydrogen-bond donors (Lipinski definition) is 1. The minimum atomic E-state index is -1.04. The number of halogens is 1. The Morgan fingerprint density at radius 2 is 1.93 bits per heavy atom. The van der Waals surface area contributed by atoms with Gasteiger partial charge < -0.3 is 10.6 Å². The molecule has 2 heterocycles. The maximum atomic E-state index is 13.4. The maximum Gasteiger partial charge on any atom is 0.261 e. The molecule has 2 aliphatic rings. The van der Waals surface area contributed by atoms with Gasteiger partial charge in [0, 0.05) is 30.1 Å². The average molecular weight is 516 g/mol. The Morgan fingerprint density at radius 1 is 1.23 bits per heavy atom. The summed E-state index contributed by atoms with van der Waals surface area (Å²) in [6.07, 6.45) is 0.871. The van der Waals surface area contributed by atoms with Crippen LogP contribution >= 0.6 is 22.6 Å². The van der Waals surface area contributed by atoms with Crippen molar-refractivity contribution in [3.05, 3.63) is 57.7 Å². The fourth-order valence-electron chi connectivity index (χ4n) is 4.26. The van der Waals surface area contributed by atoms with Crippen LogP contribution in [0.1, 0.15) is 25.8 Å². The van der Waals surface area contributed by atoms with Gasteiger partial charge in [-0.15, -0.1) is 0 Å². The Morgan fingerprint density at radius 3 is 2.60 bits per heavy atom. The number of likely N-dealkylation sites (tertiary alicyclic amines) is 1. The summed E-state index contributed by atoms with van der Waals surface area (Å²) < 4.78 is 1.16. The predicted octanol–water partition coefficient (Wildman–Crippen LogP) is 3.20. The quantitative estimate of drug-likeness (QED) is 0.635. The number of benzene rings is 2. The second-order valence-electron chi connectivity index (χ2n) is 8.17. The summed E-state index contributed by atoms with van der Waals surface area (Å²) in [4.78, 5) is 33.0. The van der Waals surface area contributed by atoms with E-state index in [1.807, 2.05) is 42.2 Å². The van der Waals surface area contributed by atoms with Crippen LogP contribution in [-0.4, -0.2) is 47.2 Å². The highest BCUT2D eigenvalue weighted by Crippen LogP contribution is 2.35. The van der Waals surface area contributed by atoms with Crippen molar-refractivity contribution in [3.63, 3.8) is 0 Å². The highest BCUT2D eigenvalue weighted by atomic mass is 127. The molecule has 7 heteroatoms. The van der Waals surface area contributed by atoms with Gasteiger partial charge >= 0.3 is 0 Å². The number of carbonyl (C=O) groups excluding carboxylic acids is 2. The van der Waals surface area contributed by atoms with Gasteiger partial charge in [-0.2, -0.15) is 0 Å². The van der Waals surface area contributed by atoms with Crippen molar-refractivity contribution in [2.75, 3.05) is 19.6 Å². The van der Waals surface area contributed by atoms with E-state index in [1.54, 1.807) is 11.8 Å². The zero-order valence-corrected chi connectivity index (χ0v) is 19.3. The maximum absolute atomic E-state index is 13.4. The molecule has 0 aliphatic carbocycles. The van der Waals surface area contributed by atoms with Crippen LogP contribution < -0.4 is 5.73 Å². The molecular weight excluding hydrogens is 491 g/mol. The molecule has 156 valence electrons. The Bertz CT molecular complexity index is 1040. The van der Waals surface area contributed by atoms with Crippen molar-refractivity contribution >= 4 is 40.4 Å². The first-order valence-corrected chi connectivity index (χ1v) is 11.1. The van der Waals surface area contributed by atoms with E-state index in [9.17, 15) is 9.59 Å². The average Bonchev–Trinajstić information content (AvgIpc) is 3.28. The molecule has 6 nitrogen and oxygen atoms in total. The molecule has 4 rings (SSSR count). The van der Waals surface area contributed by atoms with Crippen LogP contribution in [0.15, 0.2) is 53.5 Å². The predicted molar refractivity (Wildman–Crippen MR) is 126 cm³/mol. The summed E-state index contributed by atoms with van der Waals surface area (Å²) in [6.45, 7) is 5.28. The number of nitrogens with zero attached hydrogens (tertiary/aromatic N) is 3. The number of nitrogens with two attached hydrogens (primary N) is 1. The summed E-state index contributed by atoms with van der Waals surface area (Å²) in [6, 6.07) is 16.2. The topological polar surface area (TPSA) is 79.0 Å². The van der Waals surface area contributed by atoms with Crippen molar-refractivity contribution in [1.29, 1.82) is 0 Å². The fourth-order valence-corrected chi connectivity index (χ4v) is 4.81. The van der Waals surface area contributed by atoms with Crippen LogP contribution in [0.3, 0.4) is 0 Å². The van der Waals surface area contributed by atoms with Gasteiger partial charge in [-0.3, -0.25) is 14.5 Å². The summed E-state index contributed by atoms with van der Waals surface area (Å²) >= 11 is 2.30. The van der Waals surface area contributed by atoms with E-state index >= 15 is 0 Å². The molecule has 0 radical (unpaired) electrons. The molecule has 0 bridgehead atoms. The van der Waals surface area contributed by atoms with Gasteiger partial charge in [0.25, 0.3) is 5.91 Å². The first kappa shape index (κ1) is 20.8. The Hall–Kier alpha value is -2.42. The zero-order valence-electron chi connectivity index (χ0n) is 17.1. The molecular formula is C23H25IN4O2. The first-order chi connectivity index (χ1) is 14.3. The van der Waals surface area contributed by atoms with Crippen LogP contribution in [0.5, 0.6) is 0 Å². The van der Waals surface area contributed by atoms with Gasteiger partial charge in [0.1, 0.15) is 0 Å². The summed E-state index contributed by atoms with van der Waals surface area (Å²) in [7, 11) is 0. The van der Waals surface area contributed by atoms with Crippen molar-refractivity contribution in [2.45, 2.75) is 25.8 Å². The molecule has 2 aliphatic heterocycles. The largest absolute Gasteiger partial charge is 0.369 e. The van der Waals surface area contributed by atoms with Crippen molar-refractivity contribution in [3.8, 4) is 11.1 Å². The van der Waals surface area contributed by atoms with E-state index in [-0.39, 0.29) is 23.7 Å². The summed E-state index contributed by atoms with van der Waals surface area (Å²) in [5.74, 6) is 0.431. The van der Waals surface area contributed by atoms with Gasteiger partial charge in [0.2, 0.25) is 5.91 Å². The SMILES string of the molecule is CC(=O)N1CC[C@@H](CN2C(=O)C(C)(c3cccc(-c4cccc(I)c4)c3)N=C2N)C1. The monoisotopic (exact) mass is 516 g/mol. The lowest BCUT2D eigenvalue weighted by atomic mass is 9.89. The molecule has 0 saturated carbocycles. The smallest absolute Gasteiger partial charge is 0.261 e. The molecule has 2 atom stereocenters. The molecule has 2 amide bonds. The van der Waals surface area contributed by atoms with Gasteiger partial charge in [-0.1, -0.05) is 30.3 Å². The van der Waals surface area contributed by atoms with Crippen molar-refractivity contribution in [2.24, 2.45) is 16.6 Å². The third-order valence-electron chi connectivity index (χ3n) is 6.03. The molecule has 1 saturated heterocycles. The highest BCUT2D eigenvalue weighted by molar-refractivity contribution is 14.1. The Labute approximate surface area is 190 Å². The minimum Gasteiger partial charge on any atom is -0.369 e. The normalized spacial score (nSPS) is 23.8. The number of guanidine groups is 1. The summed E-state index contributed by atoms with van der Waals surface area (Å²) in [5, 5.41) is 0. The number of aliphatic imine (C=N–C) groups is 1.